The van der Waals surface area contributed by atoms with Crippen LogP contribution in [-0.4, -0.2) is 6.61 Å². The van der Waals surface area contributed by atoms with Crippen molar-refractivity contribution in [2.75, 3.05) is 11.9 Å². The lowest BCUT2D eigenvalue weighted by molar-refractivity contribution is 0.350. The molecule has 3 heteroatoms. The molecular weight excluding hydrogens is 313 g/mol. The predicted molar refractivity (Wildman–Crippen MR) is 99.5 cm³/mol. The Bertz CT molecular complexity index is 824. The van der Waals surface area contributed by atoms with Gasteiger partial charge in [0.2, 0.25) is 0 Å². The average Bonchev–Trinajstić information content (AvgIpc) is 3.10. The number of ether oxygens (including phenoxy) is 1. The molecular formula is C22H22FNO. The van der Waals surface area contributed by atoms with Crippen molar-refractivity contribution < 1.29 is 9.13 Å². The molecule has 25 heavy (non-hydrogen) atoms. The van der Waals surface area contributed by atoms with Crippen molar-refractivity contribution in [3.8, 4) is 5.75 Å². The quantitative estimate of drug-likeness (QED) is 0.734. The van der Waals surface area contributed by atoms with E-state index in [4.69, 9.17) is 4.74 Å². The Morgan fingerprint density at radius 3 is 2.80 bits per heavy atom. The van der Waals surface area contributed by atoms with Crippen LogP contribution >= 0.6 is 0 Å². The first-order valence-corrected chi connectivity index (χ1v) is 8.71. The smallest absolute Gasteiger partial charge is 0.123 e. The summed E-state index contributed by atoms with van der Waals surface area (Å²) in [4.78, 5) is 0. The van der Waals surface area contributed by atoms with Crippen LogP contribution in [0.2, 0.25) is 0 Å². The molecule has 0 bridgehead atoms. The third kappa shape index (κ3) is 3.07. The Hall–Kier alpha value is -2.55. The van der Waals surface area contributed by atoms with Gasteiger partial charge in [0.1, 0.15) is 18.2 Å². The molecule has 128 valence electrons. The highest BCUT2D eigenvalue weighted by molar-refractivity contribution is 5.61. The van der Waals surface area contributed by atoms with Crippen molar-refractivity contribution in [2.45, 2.75) is 25.3 Å². The van der Waals surface area contributed by atoms with Gasteiger partial charge in [-0.25, -0.2) is 4.39 Å². The Labute approximate surface area is 148 Å². The van der Waals surface area contributed by atoms with E-state index in [-0.39, 0.29) is 11.9 Å². The lowest BCUT2D eigenvalue weighted by atomic mass is 9.77. The second-order valence-electron chi connectivity index (χ2n) is 7.02. The summed E-state index contributed by atoms with van der Waals surface area (Å²) in [6.45, 7) is 6.38. The molecule has 1 aliphatic heterocycles. The van der Waals surface area contributed by atoms with Crippen molar-refractivity contribution in [2.24, 2.45) is 5.92 Å². The standard InChI is InChI=1S/C22H22FNO/c1-14(2)13-25-17-10-11-21-20(12-17)18-4-3-5-19(18)22(24-21)15-6-8-16(23)9-7-15/h3-4,6-12,18-19,22,24H,1,5,13H2,2H3. The minimum atomic E-state index is -0.194. The first-order chi connectivity index (χ1) is 12.1. The molecule has 0 spiro atoms. The molecule has 0 saturated heterocycles. The zero-order valence-corrected chi connectivity index (χ0v) is 14.3. The van der Waals surface area contributed by atoms with Crippen molar-refractivity contribution in [3.05, 3.63) is 83.7 Å². The van der Waals surface area contributed by atoms with Crippen LogP contribution in [0.25, 0.3) is 0 Å². The van der Waals surface area contributed by atoms with Crippen LogP contribution in [-0.2, 0) is 0 Å². The molecule has 0 fully saturated rings. The zero-order valence-electron chi connectivity index (χ0n) is 14.3. The highest BCUT2D eigenvalue weighted by Gasteiger charge is 2.38. The Kier molecular flexibility index (Phi) is 4.08. The molecule has 3 unspecified atom stereocenters. The predicted octanol–water partition coefficient (Wildman–Crippen LogP) is 5.61. The Balaban J connectivity index is 1.66. The summed E-state index contributed by atoms with van der Waals surface area (Å²) in [5.41, 5.74) is 4.54. The third-order valence-electron chi connectivity index (χ3n) is 5.05. The average molecular weight is 335 g/mol. The fourth-order valence-electron chi connectivity index (χ4n) is 3.87. The van der Waals surface area contributed by atoms with Gasteiger partial charge in [-0.3, -0.25) is 0 Å². The zero-order chi connectivity index (χ0) is 17.4. The molecule has 4 rings (SSSR count). The molecule has 1 N–H and O–H groups in total. The van der Waals surface area contributed by atoms with Gasteiger partial charge >= 0.3 is 0 Å². The first kappa shape index (κ1) is 15.9. The molecule has 2 aromatic carbocycles. The molecule has 0 amide bonds. The molecule has 2 aromatic rings. The largest absolute Gasteiger partial charge is 0.489 e. The molecule has 2 nitrogen and oxygen atoms in total. The maximum Gasteiger partial charge on any atom is 0.123 e. The first-order valence-electron chi connectivity index (χ1n) is 8.71. The van der Waals surface area contributed by atoms with Crippen LogP contribution in [0, 0.1) is 11.7 Å². The maximum absolute atomic E-state index is 13.3. The van der Waals surface area contributed by atoms with Crippen LogP contribution in [0.3, 0.4) is 0 Å². The van der Waals surface area contributed by atoms with E-state index in [1.807, 2.05) is 25.1 Å². The lowest BCUT2D eigenvalue weighted by Crippen LogP contribution is -2.29. The second kappa shape index (κ2) is 6.40. The van der Waals surface area contributed by atoms with E-state index in [9.17, 15) is 4.39 Å². The summed E-state index contributed by atoms with van der Waals surface area (Å²) < 4.78 is 19.1. The minimum Gasteiger partial charge on any atom is -0.489 e. The summed E-state index contributed by atoms with van der Waals surface area (Å²) in [6, 6.07) is 13.3. The summed E-state index contributed by atoms with van der Waals surface area (Å²) in [5.74, 6) is 1.48. The lowest BCUT2D eigenvalue weighted by Gasteiger charge is -2.37. The number of rotatable bonds is 4. The highest BCUT2D eigenvalue weighted by Crippen LogP contribution is 2.50. The molecule has 1 aliphatic carbocycles. The summed E-state index contributed by atoms with van der Waals surface area (Å²) in [5, 5.41) is 3.66. The van der Waals surface area contributed by atoms with Gasteiger partial charge in [0.05, 0.1) is 6.04 Å². The Morgan fingerprint density at radius 2 is 2.04 bits per heavy atom. The SMILES string of the molecule is C=C(C)COc1ccc2c(c1)C1C=CCC1C(c1ccc(F)cc1)N2. The van der Waals surface area contributed by atoms with E-state index in [0.29, 0.717) is 18.4 Å². The maximum atomic E-state index is 13.3. The fraction of sp³-hybridized carbons (Fsp3) is 0.273. The van der Waals surface area contributed by atoms with Crippen molar-refractivity contribution in [1.82, 2.24) is 0 Å². The second-order valence-corrected chi connectivity index (χ2v) is 7.02. The summed E-state index contributed by atoms with van der Waals surface area (Å²) in [7, 11) is 0. The van der Waals surface area contributed by atoms with E-state index in [1.165, 1.54) is 5.56 Å². The number of fused-ring (bicyclic) bond motifs is 3. The number of benzene rings is 2. The van der Waals surface area contributed by atoms with Crippen molar-refractivity contribution >= 4 is 5.69 Å². The van der Waals surface area contributed by atoms with Crippen LogP contribution in [0.15, 0.2) is 66.8 Å². The molecule has 0 saturated carbocycles. The van der Waals surface area contributed by atoms with Crippen molar-refractivity contribution in [3.63, 3.8) is 0 Å². The summed E-state index contributed by atoms with van der Waals surface area (Å²) in [6.07, 6.45) is 5.57. The van der Waals surface area contributed by atoms with Gasteiger partial charge in [-0.05, 0) is 66.3 Å². The number of allylic oxidation sites excluding steroid dienone is 2. The Morgan fingerprint density at radius 1 is 1.24 bits per heavy atom. The molecule has 3 atom stereocenters. The molecule has 0 radical (unpaired) electrons. The number of nitrogens with one attached hydrogen (secondary N) is 1. The van der Waals surface area contributed by atoms with Gasteiger partial charge in [-0.2, -0.15) is 0 Å². The third-order valence-corrected chi connectivity index (χ3v) is 5.05. The number of hydrogen-bond acceptors (Lipinski definition) is 2. The minimum absolute atomic E-state index is 0.190. The molecule has 0 aromatic heterocycles. The number of hydrogen-bond donors (Lipinski definition) is 1. The normalized spacial score (nSPS) is 23.5. The van der Waals surface area contributed by atoms with E-state index in [1.54, 1.807) is 12.1 Å². The van der Waals surface area contributed by atoms with E-state index in [0.717, 1.165) is 29.0 Å². The molecule has 2 aliphatic rings. The van der Waals surface area contributed by atoms with Gasteiger partial charge in [-0.1, -0.05) is 30.9 Å². The van der Waals surface area contributed by atoms with Gasteiger partial charge in [0.25, 0.3) is 0 Å². The topological polar surface area (TPSA) is 21.3 Å². The van der Waals surface area contributed by atoms with Crippen LogP contribution in [0.4, 0.5) is 10.1 Å². The molecule has 1 heterocycles. The van der Waals surface area contributed by atoms with E-state index >= 15 is 0 Å². The van der Waals surface area contributed by atoms with Gasteiger partial charge in [0, 0.05) is 11.6 Å². The summed E-state index contributed by atoms with van der Waals surface area (Å²) >= 11 is 0. The number of anilines is 1. The van der Waals surface area contributed by atoms with Crippen molar-refractivity contribution in [1.29, 1.82) is 0 Å². The monoisotopic (exact) mass is 335 g/mol. The fourth-order valence-corrected chi connectivity index (χ4v) is 3.87. The van der Waals surface area contributed by atoms with E-state index < -0.39 is 0 Å². The van der Waals surface area contributed by atoms with Crippen LogP contribution in [0.5, 0.6) is 5.75 Å². The van der Waals surface area contributed by atoms with E-state index in [2.05, 4.69) is 36.2 Å². The number of halogens is 1. The van der Waals surface area contributed by atoms with Gasteiger partial charge in [0.15, 0.2) is 0 Å². The van der Waals surface area contributed by atoms with Crippen LogP contribution < -0.4 is 10.1 Å². The van der Waals surface area contributed by atoms with Gasteiger partial charge in [-0.15, -0.1) is 0 Å². The van der Waals surface area contributed by atoms with Crippen LogP contribution in [0.1, 0.15) is 36.4 Å². The van der Waals surface area contributed by atoms with Gasteiger partial charge < -0.3 is 10.1 Å². The highest BCUT2D eigenvalue weighted by atomic mass is 19.1.